The van der Waals surface area contributed by atoms with Crippen molar-refractivity contribution in [3.8, 4) is 6.07 Å². The summed E-state index contributed by atoms with van der Waals surface area (Å²) in [5.41, 5.74) is 0.580. The number of pyridine rings is 1. The van der Waals surface area contributed by atoms with Crippen LogP contribution in [0.15, 0.2) is 9.70 Å². The number of carbonyl (C=O) groups excluding carboxylic acids is 1. The molecule has 2 aliphatic rings. The van der Waals surface area contributed by atoms with Gasteiger partial charge in [-0.3, -0.25) is 23.9 Å². The Bertz CT molecular complexity index is 1090. The van der Waals surface area contributed by atoms with Crippen LogP contribution in [0, 0.1) is 18.3 Å². The van der Waals surface area contributed by atoms with Gasteiger partial charge in [-0.1, -0.05) is 24.0 Å². The molecule has 0 bridgehead atoms. The minimum Gasteiger partial charge on any atom is -0.480 e. The first-order valence-corrected chi connectivity index (χ1v) is 10.8. The second kappa shape index (κ2) is 8.82. The lowest BCUT2D eigenvalue weighted by molar-refractivity contribution is -0.140. The van der Waals surface area contributed by atoms with E-state index in [1.54, 1.807) is 20.0 Å². The van der Waals surface area contributed by atoms with Crippen LogP contribution >= 0.6 is 24.0 Å². The fourth-order valence-corrected chi connectivity index (χ4v) is 5.08. The molecule has 2 aliphatic heterocycles. The average Bonchev–Trinajstić information content (AvgIpc) is 2.93. The molecular formula is C20H22N4O5S2. The van der Waals surface area contributed by atoms with Gasteiger partial charge in [0.25, 0.3) is 11.5 Å². The van der Waals surface area contributed by atoms with E-state index in [-0.39, 0.29) is 27.0 Å². The van der Waals surface area contributed by atoms with Crippen molar-refractivity contribution in [2.75, 3.05) is 24.5 Å². The number of amides is 1. The lowest BCUT2D eigenvalue weighted by atomic mass is 10.0. The van der Waals surface area contributed by atoms with Crippen LogP contribution < -0.4 is 10.5 Å². The van der Waals surface area contributed by atoms with Gasteiger partial charge in [0, 0.05) is 25.7 Å². The van der Waals surface area contributed by atoms with Gasteiger partial charge in [-0.15, -0.1) is 0 Å². The van der Waals surface area contributed by atoms with E-state index in [4.69, 9.17) is 22.1 Å². The first-order chi connectivity index (χ1) is 14.5. The maximum atomic E-state index is 12.8. The molecular weight excluding hydrogens is 440 g/mol. The van der Waals surface area contributed by atoms with Crippen molar-refractivity contribution < 1.29 is 19.4 Å². The molecule has 11 heteroatoms. The quantitative estimate of drug-likeness (QED) is 0.524. The zero-order chi connectivity index (χ0) is 23.0. The van der Waals surface area contributed by atoms with Gasteiger partial charge in [0.2, 0.25) is 0 Å². The average molecular weight is 463 g/mol. The summed E-state index contributed by atoms with van der Waals surface area (Å²) in [7, 11) is 1.59. The van der Waals surface area contributed by atoms with Crippen LogP contribution in [-0.4, -0.2) is 62.6 Å². The van der Waals surface area contributed by atoms with Crippen LogP contribution in [0.4, 0.5) is 5.82 Å². The highest BCUT2D eigenvalue weighted by Gasteiger charge is 2.35. The van der Waals surface area contributed by atoms with Gasteiger partial charge < -0.3 is 14.7 Å². The summed E-state index contributed by atoms with van der Waals surface area (Å²) in [6.07, 6.45) is 1.45. The molecule has 3 rings (SSSR count). The molecule has 2 saturated heterocycles. The lowest BCUT2D eigenvalue weighted by Crippen LogP contribution is -2.47. The van der Waals surface area contributed by atoms with Gasteiger partial charge in [0.05, 0.1) is 17.1 Å². The third-order valence-electron chi connectivity index (χ3n) is 5.13. The summed E-state index contributed by atoms with van der Waals surface area (Å²) in [6, 6.07) is 1.96. The standard InChI is InChI=1S/C20H22N4O5S2/c1-10-7-23(8-11(2)29-10)17-13(12(3)14(6-21)18(27)22(17)4)5-15-19(28)24(9-16(25)26)20(30)31-15/h5,10-11H,7-9H2,1-4H3,(H,25,26)/b15-5+. The van der Waals surface area contributed by atoms with E-state index in [2.05, 4.69) is 0 Å². The van der Waals surface area contributed by atoms with Crippen LogP contribution in [0.5, 0.6) is 0 Å². The van der Waals surface area contributed by atoms with Crippen LogP contribution in [0.1, 0.15) is 30.5 Å². The fraction of sp³-hybridized carbons (Fsp3) is 0.450. The Morgan fingerprint density at radius 1 is 1.35 bits per heavy atom. The summed E-state index contributed by atoms with van der Waals surface area (Å²) in [6.45, 7) is 6.08. The van der Waals surface area contributed by atoms with Gasteiger partial charge in [-0.05, 0) is 32.4 Å². The van der Waals surface area contributed by atoms with Crippen molar-refractivity contribution in [1.82, 2.24) is 9.47 Å². The number of morpholine rings is 1. The van der Waals surface area contributed by atoms with Gasteiger partial charge in [0.1, 0.15) is 28.3 Å². The number of carboxylic acid groups (broad SMARTS) is 1. The molecule has 3 heterocycles. The highest BCUT2D eigenvalue weighted by molar-refractivity contribution is 8.26. The second-order valence-corrected chi connectivity index (χ2v) is 9.21. The Kier molecular flexibility index (Phi) is 6.54. The lowest BCUT2D eigenvalue weighted by Gasteiger charge is -2.38. The largest absolute Gasteiger partial charge is 0.480 e. The Balaban J connectivity index is 2.19. The molecule has 0 aromatic carbocycles. The summed E-state index contributed by atoms with van der Waals surface area (Å²) >= 11 is 6.17. The predicted octanol–water partition coefficient (Wildman–Crippen LogP) is 1.46. The van der Waals surface area contributed by atoms with Crippen LogP contribution in [-0.2, 0) is 21.4 Å². The SMILES string of the molecule is Cc1c(/C=C2/SC(=S)N(CC(=O)O)C2=O)c(N2CC(C)OC(C)C2)n(C)c(=O)c1C#N. The Morgan fingerprint density at radius 2 is 1.97 bits per heavy atom. The van der Waals surface area contributed by atoms with E-state index in [0.717, 1.165) is 16.7 Å². The van der Waals surface area contributed by atoms with Gasteiger partial charge in [-0.2, -0.15) is 5.26 Å². The van der Waals surface area contributed by atoms with Crippen molar-refractivity contribution in [2.45, 2.75) is 33.0 Å². The molecule has 0 radical (unpaired) electrons. The summed E-state index contributed by atoms with van der Waals surface area (Å²) in [5.74, 6) is -1.11. The number of thioether (sulfide) groups is 1. The van der Waals surface area contributed by atoms with E-state index in [9.17, 15) is 19.6 Å². The van der Waals surface area contributed by atoms with Crippen molar-refractivity contribution in [3.63, 3.8) is 0 Å². The monoisotopic (exact) mass is 462 g/mol. The fourth-order valence-electron chi connectivity index (χ4n) is 3.85. The highest BCUT2D eigenvalue weighted by atomic mass is 32.2. The van der Waals surface area contributed by atoms with Gasteiger partial charge >= 0.3 is 5.97 Å². The molecule has 1 aromatic rings. The van der Waals surface area contributed by atoms with Gasteiger partial charge in [-0.25, -0.2) is 0 Å². The molecule has 1 amide bonds. The van der Waals surface area contributed by atoms with Crippen LogP contribution in [0.2, 0.25) is 0 Å². The van der Waals surface area contributed by atoms with Crippen LogP contribution in [0.3, 0.4) is 0 Å². The third kappa shape index (κ3) is 4.37. The maximum absolute atomic E-state index is 12.8. The number of nitriles is 1. The third-order valence-corrected chi connectivity index (χ3v) is 6.51. The molecule has 1 N–H and O–H groups in total. The number of hydrogen-bond acceptors (Lipinski definition) is 8. The Hall–Kier alpha value is -2.68. The normalized spacial score (nSPS) is 22.9. The maximum Gasteiger partial charge on any atom is 0.323 e. The molecule has 0 spiro atoms. The minimum absolute atomic E-state index is 0.00660. The van der Waals surface area contributed by atoms with Crippen LogP contribution in [0.25, 0.3) is 6.08 Å². The topological polar surface area (TPSA) is 116 Å². The molecule has 0 saturated carbocycles. The highest BCUT2D eigenvalue weighted by Crippen LogP contribution is 2.36. The summed E-state index contributed by atoms with van der Waals surface area (Å²) in [4.78, 5) is 40.0. The molecule has 9 nitrogen and oxygen atoms in total. The zero-order valence-corrected chi connectivity index (χ0v) is 19.2. The summed E-state index contributed by atoms with van der Waals surface area (Å²) < 4.78 is 7.37. The molecule has 2 fully saturated rings. The number of rotatable bonds is 4. The number of carbonyl (C=O) groups is 2. The smallest absolute Gasteiger partial charge is 0.323 e. The summed E-state index contributed by atoms with van der Waals surface area (Å²) in [5, 5.41) is 18.6. The van der Waals surface area contributed by atoms with E-state index in [1.165, 1.54) is 4.57 Å². The number of nitrogens with zero attached hydrogens (tertiary/aromatic N) is 4. The van der Waals surface area contributed by atoms with E-state index in [0.29, 0.717) is 30.0 Å². The van der Waals surface area contributed by atoms with E-state index >= 15 is 0 Å². The number of carboxylic acids is 1. The number of aromatic nitrogens is 1. The van der Waals surface area contributed by atoms with Crippen molar-refractivity contribution in [3.05, 3.63) is 31.9 Å². The van der Waals surface area contributed by atoms with Crippen molar-refractivity contribution >= 4 is 52.1 Å². The number of ether oxygens (including phenoxy) is 1. The second-order valence-electron chi connectivity index (χ2n) is 7.54. The molecule has 0 aliphatic carbocycles. The first-order valence-electron chi connectivity index (χ1n) is 9.56. The zero-order valence-electron chi connectivity index (χ0n) is 17.5. The van der Waals surface area contributed by atoms with Crippen molar-refractivity contribution in [2.24, 2.45) is 7.05 Å². The van der Waals surface area contributed by atoms with Crippen molar-refractivity contribution in [1.29, 1.82) is 5.26 Å². The Morgan fingerprint density at radius 3 is 2.52 bits per heavy atom. The van der Waals surface area contributed by atoms with E-state index in [1.807, 2.05) is 24.8 Å². The molecule has 2 unspecified atom stereocenters. The Labute approximate surface area is 188 Å². The van der Waals surface area contributed by atoms with Gasteiger partial charge in [0.15, 0.2) is 0 Å². The first kappa shape index (κ1) is 23.0. The molecule has 164 valence electrons. The molecule has 2 atom stereocenters. The number of aliphatic carboxylic acids is 1. The molecule has 1 aromatic heterocycles. The number of hydrogen-bond donors (Lipinski definition) is 1. The predicted molar refractivity (Wildman–Crippen MR) is 121 cm³/mol. The minimum atomic E-state index is -1.17. The van der Waals surface area contributed by atoms with E-state index < -0.39 is 24.0 Å². The number of thiocarbonyl (C=S) groups is 1. The number of anilines is 1. The molecule has 31 heavy (non-hydrogen) atoms.